The summed E-state index contributed by atoms with van der Waals surface area (Å²) < 4.78 is 0. The van der Waals surface area contributed by atoms with E-state index >= 15 is 0 Å². The van der Waals surface area contributed by atoms with E-state index in [1.165, 1.54) is 12.0 Å². The van der Waals surface area contributed by atoms with E-state index in [0.29, 0.717) is 11.7 Å². The predicted octanol–water partition coefficient (Wildman–Crippen LogP) is 4.50. The largest absolute Gasteiger partial charge is 0.299 e. The SMILES string of the molecule is CCC/C=C\CC1CCC(=O)C1c1ccccc1. The molecule has 0 radical (unpaired) electrons. The number of hydrogen-bond donors (Lipinski definition) is 0. The number of ketones is 1. The van der Waals surface area contributed by atoms with Crippen LogP contribution in [0.3, 0.4) is 0 Å². The normalized spacial score (nSPS) is 23.9. The molecule has 96 valence electrons. The van der Waals surface area contributed by atoms with E-state index in [4.69, 9.17) is 0 Å². The Kier molecular flexibility index (Phi) is 4.74. The number of carbonyl (C=O) groups excluding carboxylic acids is 1. The summed E-state index contributed by atoms with van der Waals surface area (Å²) in [5.41, 5.74) is 1.20. The van der Waals surface area contributed by atoms with Crippen molar-refractivity contribution in [1.82, 2.24) is 0 Å². The molecule has 0 amide bonds. The van der Waals surface area contributed by atoms with E-state index in [1.807, 2.05) is 18.2 Å². The first-order valence-corrected chi connectivity index (χ1v) is 7.05. The van der Waals surface area contributed by atoms with Crippen LogP contribution in [0.4, 0.5) is 0 Å². The summed E-state index contributed by atoms with van der Waals surface area (Å²) in [6.07, 6.45) is 9.72. The highest BCUT2D eigenvalue weighted by molar-refractivity contribution is 5.88. The standard InChI is InChI=1S/C17H22O/c1-2-3-4-6-11-15-12-13-16(18)17(15)14-9-7-5-8-10-14/h4-10,15,17H,2-3,11-13H2,1H3/b6-4-. The van der Waals surface area contributed by atoms with Crippen LogP contribution in [0, 0.1) is 5.92 Å². The second-order valence-electron chi connectivity index (χ2n) is 5.15. The van der Waals surface area contributed by atoms with Crippen molar-refractivity contribution < 1.29 is 4.79 Å². The summed E-state index contributed by atoms with van der Waals surface area (Å²) in [4.78, 5) is 12.0. The van der Waals surface area contributed by atoms with E-state index in [1.54, 1.807) is 0 Å². The van der Waals surface area contributed by atoms with Crippen LogP contribution in [0.1, 0.15) is 50.5 Å². The number of hydrogen-bond acceptors (Lipinski definition) is 1. The van der Waals surface area contributed by atoms with Crippen LogP contribution in [0.25, 0.3) is 0 Å². The fourth-order valence-corrected chi connectivity index (χ4v) is 2.84. The molecule has 0 bridgehead atoms. The summed E-state index contributed by atoms with van der Waals surface area (Å²) in [7, 11) is 0. The fourth-order valence-electron chi connectivity index (χ4n) is 2.84. The first kappa shape index (κ1) is 13.1. The van der Waals surface area contributed by atoms with Crippen LogP contribution >= 0.6 is 0 Å². The Morgan fingerprint density at radius 3 is 2.72 bits per heavy atom. The molecule has 1 saturated carbocycles. The van der Waals surface area contributed by atoms with Gasteiger partial charge < -0.3 is 0 Å². The maximum absolute atomic E-state index is 12.0. The van der Waals surface area contributed by atoms with Gasteiger partial charge in [0, 0.05) is 12.3 Å². The van der Waals surface area contributed by atoms with Gasteiger partial charge in [-0.3, -0.25) is 4.79 Å². The first-order chi connectivity index (χ1) is 8.83. The minimum absolute atomic E-state index is 0.137. The minimum Gasteiger partial charge on any atom is -0.299 e. The van der Waals surface area contributed by atoms with Crippen molar-refractivity contribution in [3.05, 3.63) is 48.0 Å². The van der Waals surface area contributed by atoms with Crippen LogP contribution in [-0.2, 0) is 4.79 Å². The maximum atomic E-state index is 12.0. The Hall–Kier alpha value is -1.37. The molecule has 0 aromatic heterocycles. The molecule has 18 heavy (non-hydrogen) atoms. The first-order valence-electron chi connectivity index (χ1n) is 7.05. The van der Waals surface area contributed by atoms with Crippen LogP contribution in [0.2, 0.25) is 0 Å². The van der Waals surface area contributed by atoms with Gasteiger partial charge in [0.25, 0.3) is 0 Å². The minimum atomic E-state index is 0.137. The molecule has 2 rings (SSSR count). The van der Waals surface area contributed by atoms with Crippen molar-refractivity contribution in [3.8, 4) is 0 Å². The third kappa shape index (κ3) is 3.10. The highest BCUT2D eigenvalue weighted by Gasteiger charge is 2.34. The summed E-state index contributed by atoms with van der Waals surface area (Å²) in [5, 5.41) is 0. The lowest BCUT2D eigenvalue weighted by Gasteiger charge is -2.17. The van der Waals surface area contributed by atoms with E-state index < -0.39 is 0 Å². The van der Waals surface area contributed by atoms with Gasteiger partial charge in [-0.15, -0.1) is 0 Å². The van der Waals surface area contributed by atoms with Crippen LogP contribution in [0.15, 0.2) is 42.5 Å². The zero-order chi connectivity index (χ0) is 12.8. The van der Waals surface area contributed by atoms with Crippen molar-refractivity contribution in [2.45, 2.75) is 44.9 Å². The average molecular weight is 242 g/mol. The van der Waals surface area contributed by atoms with Crippen molar-refractivity contribution in [2.24, 2.45) is 5.92 Å². The Bertz CT molecular complexity index is 405. The highest BCUT2D eigenvalue weighted by atomic mass is 16.1. The summed E-state index contributed by atoms with van der Waals surface area (Å²) in [6.45, 7) is 2.19. The van der Waals surface area contributed by atoms with Gasteiger partial charge in [0.15, 0.2) is 0 Å². The predicted molar refractivity (Wildman–Crippen MR) is 75.6 cm³/mol. The molecule has 1 aromatic carbocycles. The van der Waals surface area contributed by atoms with Gasteiger partial charge >= 0.3 is 0 Å². The van der Waals surface area contributed by atoms with Gasteiger partial charge in [-0.2, -0.15) is 0 Å². The number of unbranched alkanes of at least 4 members (excludes halogenated alkanes) is 1. The molecule has 1 aliphatic rings. The van der Waals surface area contributed by atoms with Crippen molar-refractivity contribution in [2.75, 3.05) is 0 Å². The molecule has 0 N–H and O–H groups in total. The van der Waals surface area contributed by atoms with Gasteiger partial charge in [0.05, 0.1) is 0 Å². The van der Waals surface area contributed by atoms with Gasteiger partial charge in [0.2, 0.25) is 0 Å². The topological polar surface area (TPSA) is 17.1 Å². The fraction of sp³-hybridized carbons (Fsp3) is 0.471. The summed E-state index contributed by atoms with van der Waals surface area (Å²) in [5.74, 6) is 1.07. The molecule has 0 saturated heterocycles. The second-order valence-corrected chi connectivity index (χ2v) is 5.15. The third-order valence-corrected chi connectivity index (χ3v) is 3.80. The van der Waals surface area contributed by atoms with E-state index in [2.05, 4.69) is 31.2 Å². The van der Waals surface area contributed by atoms with Crippen molar-refractivity contribution in [1.29, 1.82) is 0 Å². The Balaban J connectivity index is 2.04. The Morgan fingerprint density at radius 1 is 1.22 bits per heavy atom. The maximum Gasteiger partial charge on any atom is 0.140 e. The molecular weight excluding hydrogens is 220 g/mol. The second kappa shape index (κ2) is 6.53. The molecule has 1 nitrogen and oxygen atoms in total. The van der Waals surface area contributed by atoms with Gasteiger partial charge in [-0.1, -0.05) is 55.8 Å². The molecule has 2 unspecified atom stereocenters. The monoisotopic (exact) mass is 242 g/mol. The summed E-state index contributed by atoms with van der Waals surface area (Å²) in [6, 6.07) is 10.3. The third-order valence-electron chi connectivity index (χ3n) is 3.80. The number of rotatable bonds is 5. The molecule has 2 atom stereocenters. The smallest absolute Gasteiger partial charge is 0.140 e. The number of allylic oxidation sites excluding steroid dienone is 2. The van der Waals surface area contributed by atoms with Gasteiger partial charge in [0.1, 0.15) is 5.78 Å². The molecule has 0 heterocycles. The average Bonchev–Trinajstić information content (AvgIpc) is 2.77. The van der Waals surface area contributed by atoms with Gasteiger partial charge in [-0.05, 0) is 30.7 Å². The zero-order valence-corrected chi connectivity index (χ0v) is 11.1. The summed E-state index contributed by atoms with van der Waals surface area (Å²) >= 11 is 0. The Labute approximate surface area is 110 Å². The molecule has 0 aliphatic heterocycles. The van der Waals surface area contributed by atoms with Crippen molar-refractivity contribution >= 4 is 5.78 Å². The van der Waals surface area contributed by atoms with Crippen LogP contribution in [0.5, 0.6) is 0 Å². The highest BCUT2D eigenvalue weighted by Crippen LogP contribution is 2.39. The Morgan fingerprint density at radius 2 is 2.00 bits per heavy atom. The number of Topliss-reactive ketones (excluding diaryl/α,β-unsaturated/α-hetero) is 1. The van der Waals surface area contributed by atoms with Crippen molar-refractivity contribution in [3.63, 3.8) is 0 Å². The van der Waals surface area contributed by atoms with E-state index in [9.17, 15) is 4.79 Å². The number of carbonyl (C=O) groups is 1. The lowest BCUT2D eigenvalue weighted by Crippen LogP contribution is -2.12. The number of benzene rings is 1. The zero-order valence-electron chi connectivity index (χ0n) is 11.1. The lowest BCUT2D eigenvalue weighted by molar-refractivity contribution is -0.118. The molecule has 1 fully saturated rings. The van der Waals surface area contributed by atoms with E-state index in [0.717, 1.165) is 25.7 Å². The van der Waals surface area contributed by atoms with Crippen LogP contribution < -0.4 is 0 Å². The quantitative estimate of drug-likeness (QED) is 0.695. The van der Waals surface area contributed by atoms with Gasteiger partial charge in [-0.25, -0.2) is 0 Å². The molecule has 1 aromatic rings. The molecule has 0 spiro atoms. The molecule has 1 aliphatic carbocycles. The molecular formula is C17H22O. The van der Waals surface area contributed by atoms with E-state index in [-0.39, 0.29) is 5.92 Å². The molecule has 1 heteroatoms. The van der Waals surface area contributed by atoms with Crippen LogP contribution in [-0.4, -0.2) is 5.78 Å². The lowest BCUT2D eigenvalue weighted by atomic mass is 9.86.